The number of nitrogens with one attached hydrogen (secondary N) is 1. The molecule has 0 aromatic carbocycles. The highest BCUT2D eigenvalue weighted by Gasteiger charge is 2.45. The fourth-order valence-corrected chi connectivity index (χ4v) is 4.46. The van der Waals surface area contributed by atoms with Crippen molar-refractivity contribution in [1.29, 1.82) is 0 Å². The molecule has 2 unspecified atom stereocenters. The summed E-state index contributed by atoms with van der Waals surface area (Å²) in [7, 11) is -3.15. The molecule has 1 N–H and O–H groups in total. The SMILES string of the molecule is CCS(=O)(=O)N1CCCC2(CC(Nc3ncccn3)CO2)C1. The molecule has 8 heteroatoms. The van der Waals surface area contributed by atoms with Crippen LogP contribution in [0.25, 0.3) is 0 Å². The second kappa shape index (κ2) is 6.10. The molecule has 0 amide bonds. The molecule has 7 nitrogen and oxygen atoms in total. The zero-order valence-electron chi connectivity index (χ0n) is 12.7. The molecule has 0 saturated carbocycles. The lowest BCUT2D eigenvalue weighted by atomic mass is 9.90. The fourth-order valence-electron chi connectivity index (χ4n) is 3.25. The molecule has 22 heavy (non-hydrogen) atoms. The molecule has 2 aliphatic rings. The molecule has 0 bridgehead atoms. The van der Waals surface area contributed by atoms with E-state index in [2.05, 4.69) is 15.3 Å². The molecule has 2 saturated heterocycles. The van der Waals surface area contributed by atoms with Crippen molar-refractivity contribution >= 4 is 16.0 Å². The molecule has 3 heterocycles. The summed E-state index contributed by atoms with van der Waals surface area (Å²) in [6.45, 7) is 3.29. The normalized spacial score (nSPS) is 29.8. The molecule has 2 atom stereocenters. The van der Waals surface area contributed by atoms with Crippen molar-refractivity contribution in [3.8, 4) is 0 Å². The van der Waals surface area contributed by atoms with E-state index in [1.807, 2.05) is 0 Å². The summed E-state index contributed by atoms with van der Waals surface area (Å²) >= 11 is 0. The zero-order valence-corrected chi connectivity index (χ0v) is 13.6. The molecular formula is C14H22N4O3S. The standard InChI is InChI=1S/C14H22N4O3S/c1-2-22(19,20)18-8-3-5-14(11-18)9-12(10-21-14)17-13-15-6-4-7-16-13/h4,6-7,12H,2-3,5,8-11H2,1H3,(H,15,16,17). The van der Waals surface area contributed by atoms with Crippen LogP contribution >= 0.6 is 0 Å². The number of anilines is 1. The van der Waals surface area contributed by atoms with Gasteiger partial charge in [0.2, 0.25) is 16.0 Å². The lowest BCUT2D eigenvalue weighted by molar-refractivity contribution is -0.0329. The molecule has 3 rings (SSSR count). The van der Waals surface area contributed by atoms with Crippen molar-refractivity contribution in [2.75, 3.05) is 30.8 Å². The number of sulfonamides is 1. The molecule has 122 valence electrons. The molecule has 1 aromatic heterocycles. The molecule has 1 spiro atoms. The number of aromatic nitrogens is 2. The Bertz CT molecular complexity index is 610. The van der Waals surface area contributed by atoms with Crippen molar-refractivity contribution in [3.63, 3.8) is 0 Å². The Morgan fingerprint density at radius 2 is 2.23 bits per heavy atom. The molecule has 0 radical (unpaired) electrons. The highest BCUT2D eigenvalue weighted by Crippen LogP contribution is 2.36. The Morgan fingerprint density at radius 1 is 1.45 bits per heavy atom. The van der Waals surface area contributed by atoms with E-state index in [-0.39, 0.29) is 17.4 Å². The monoisotopic (exact) mass is 326 g/mol. The maximum Gasteiger partial charge on any atom is 0.222 e. The van der Waals surface area contributed by atoms with Crippen LogP contribution in [-0.2, 0) is 14.8 Å². The van der Waals surface area contributed by atoms with Gasteiger partial charge in [-0.3, -0.25) is 0 Å². The number of nitrogens with zero attached hydrogens (tertiary/aromatic N) is 3. The summed E-state index contributed by atoms with van der Waals surface area (Å²) in [4.78, 5) is 8.32. The highest BCUT2D eigenvalue weighted by atomic mass is 32.2. The van der Waals surface area contributed by atoms with Crippen LogP contribution in [0.4, 0.5) is 5.95 Å². The van der Waals surface area contributed by atoms with Crippen LogP contribution in [-0.4, -0.2) is 59.8 Å². The van der Waals surface area contributed by atoms with Gasteiger partial charge >= 0.3 is 0 Å². The van der Waals surface area contributed by atoms with E-state index >= 15 is 0 Å². The Kier molecular flexibility index (Phi) is 4.33. The van der Waals surface area contributed by atoms with E-state index in [0.29, 0.717) is 25.6 Å². The maximum atomic E-state index is 12.1. The average molecular weight is 326 g/mol. The minimum Gasteiger partial charge on any atom is -0.371 e. The number of hydrogen-bond acceptors (Lipinski definition) is 6. The first-order valence-electron chi connectivity index (χ1n) is 7.68. The Hall–Kier alpha value is -1.25. The van der Waals surface area contributed by atoms with Gasteiger partial charge in [0.25, 0.3) is 0 Å². The van der Waals surface area contributed by atoms with Gasteiger partial charge in [0.15, 0.2) is 0 Å². The third-order valence-corrected chi connectivity index (χ3v) is 6.20. The van der Waals surface area contributed by atoms with Crippen molar-refractivity contribution < 1.29 is 13.2 Å². The van der Waals surface area contributed by atoms with Gasteiger partial charge in [-0.25, -0.2) is 18.4 Å². The molecule has 2 fully saturated rings. The second-order valence-electron chi connectivity index (χ2n) is 5.95. The quantitative estimate of drug-likeness (QED) is 0.883. The first-order valence-corrected chi connectivity index (χ1v) is 9.29. The van der Waals surface area contributed by atoms with E-state index in [1.54, 1.807) is 29.7 Å². The van der Waals surface area contributed by atoms with E-state index in [0.717, 1.165) is 19.3 Å². The summed E-state index contributed by atoms with van der Waals surface area (Å²) in [6, 6.07) is 1.89. The van der Waals surface area contributed by atoms with Crippen molar-refractivity contribution in [2.24, 2.45) is 0 Å². The summed E-state index contributed by atoms with van der Waals surface area (Å²) in [5, 5.41) is 3.26. The predicted octanol–water partition coefficient (Wildman–Crippen LogP) is 0.862. The lowest BCUT2D eigenvalue weighted by Gasteiger charge is -2.38. The number of piperidine rings is 1. The van der Waals surface area contributed by atoms with Gasteiger partial charge in [-0.1, -0.05) is 0 Å². The van der Waals surface area contributed by atoms with Crippen molar-refractivity contribution in [2.45, 2.75) is 37.8 Å². The van der Waals surface area contributed by atoms with Crippen molar-refractivity contribution in [3.05, 3.63) is 18.5 Å². The largest absolute Gasteiger partial charge is 0.371 e. The summed E-state index contributed by atoms with van der Waals surface area (Å²) in [5.74, 6) is 0.727. The van der Waals surface area contributed by atoms with Gasteiger partial charge in [0, 0.05) is 31.9 Å². The third-order valence-electron chi connectivity index (χ3n) is 4.37. The van der Waals surface area contributed by atoms with Crippen LogP contribution in [0, 0.1) is 0 Å². The van der Waals surface area contributed by atoms with E-state index < -0.39 is 10.0 Å². The zero-order chi connectivity index (χ0) is 15.6. The molecule has 2 aliphatic heterocycles. The van der Waals surface area contributed by atoms with Crippen LogP contribution in [0.3, 0.4) is 0 Å². The maximum absolute atomic E-state index is 12.1. The molecule has 1 aromatic rings. The van der Waals surface area contributed by atoms with Gasteiger partial charge in [0.05, 0.1) is 24.0 Å². The van der Waals surface area contributed by atoms with Crippen molar-refractivity contribution in [1.82, 2.24) is 14.3 Å². The van der Waals surface area contributed by atoms with E-state index in [1.165, 1.54) is 0 Å². The van der Waals surface area contributed by atoms with E-state index in [4.69, 9.17) is 4.74 Å². The van der Waals surface area contributed by atoms with Crippen LogP contribution in [0.5, 0.6) is 0 Å². The van der Waals surface area contributed by atoms with Crippen LogP contribution in [0.1, 0.15) is 26.2 Å². The summed E-state index contributed by atoms with van der Waals surface area (Å²) in [5.41, 5.74) is -0.368. The summed E-state index contributed by atoms with van der Waals surface area (Å²) < 4.78 is 31.8. The minimum absolute atomic E-state index is 0.117. The van der Waals surface area contributed by atoms with Gasteiger partial charge in [-0.05, 0) is 25.8 Å². The average Bonchev–Trinajstić information content (AvgIpc) is 2.90. The topological polar surface area (TPSA) is 84.4 Å². The summed E-state index contributed by atoms with van der Waals surface area (Å²) in [6.07, 6.45) is 5.90. The Balaban J connectivity index is 1.65. The first kappa shape index (κ1) is 15.6. The highest BCUT2D eigenvalue weighted by molar-refractivity contribution is 7.89. The second-order valence-corrected chi connectivity index (χ2v) is 8.21. The van der Waals surface area contributed by atoms with Gasteiger partial charge in [-0.15, -0.1) is 0 Å². The van der Waals surface area contributed by atoms with Gasteiger partial charge < -0.3 is 10.1 Å². The number of hydrogen-bond donors (Lipinski definition) is 1. The molecule has 0 aliphatic carbocycles. The Labute approximate surface area is 131 Å². The predicted molar refractivity (Wildman–Crippen MR) is 83.0 cm³/mol. The smallest absolute Gasteiger partial charge is 0.222 e. The fraction of sp³-hybridized carbons (Fsp3) is 0.714. The van der Waals surface area contributed by atoms with E-state index in [9.17, 15) is 8.42 Å². The van der Waals surface area contributed by atoms with Crippen LogP contribution in [0.2, 0.25) is 0 Å². The molecular weight excluding hydrogens is 304 g/mol. The van der Waals surface area contributed by atoms with Crippen LogP contribution in [0.15, 0.2) is 18.5 Å². The first-order chi connectivity index (χ1) is 10.5. The van der Waals surface area contributed by atoms with Gasteiger partial charge in [0.1, 0.15) is 0 Å². The van der Waals surface area contributed by atoms with Gasteiger partial charge in [-0.2, -0.15) is 4.31 Å². The number of ether oxygens (including phenoxy) is 1. The Morgan fingerprint density at radius 3 is 2.95 bits per heavy atom. The lowest BCUT2D eigenvalue weighted by Crippen LogP contribution is -2.50. The van der Waals surface area contributed by atoms with Crippen LogP contribution < -0.4 is 5.32 Å². The third kappa shape index (κ3) is 3.23. The number of rotatable bonds is 4. The minimum atomic E-state index is -3.15.